The summed E-state index contributed by atoms with van der Waals surface area (Å²) < 4.78 is 15.3. The fourth-order valence-electron chi connectivity index (χ4n) is 2.42. The summed E-state index contributed by atoms with van der Waals surface area (Å²) >= 11 is 1.26. The maximum atomic E-state index is 12.2. The van der Waals surface area contributed by atoms with Gasteiger partial charge in [0.2, 0.25) is 0 Å². The SMILES string of the molecule is COC(=O)c1c(NC(=O)COC(=O)[C@@H](C)Oc2cccc(C)c2)sc(C)c1C. The second-order valence-corrected chi connectivity index (χ2v) is 7.44. The van der Waals surface area contributed by atoms with Gasteiger partial charge >= 0.3 is 11.9 Å². The molecule has 1 aromatic heterocycles. The van der Waals surface area contributed by atoms with Gasteiger partial charge in [0, 0.05) is 4.88 Å². The number of benzene rings is 1. The molecule has 0 radical (unpaired) electrons. The van der Waals surface area contributed by atoms with Crippen molar-refractivity contribution >= 4 is 34.2 Å². The summed E-state index contributed by atoms with van der Waals surface area (Å²) in [7, 11) is 1.28. The Labute approximate surface area is 167 Å². The number of thiophene rings is 1. The van der Waals surface area contributed by atoms with Crippen molar-refractivity contribution in [2.45, 2.75) is 33.8 Å². The van der Waals surface area contributed by atoms with Crippen LogP contribution in [0.3, 0.4) is 0 Å². The zero-order chi connectivity index (χ0) is 20.8. The zero-order valence-corrected chi connectivity index (χ0v) is 17.3. The molecule has 7 nitrogen and oxygen atoms in total. The molecule has 2 aromatic rings. The fraction of sp³-hybridized carbons (Fsp3) is 0.350. The molecule has 28 heavy (non-hydrogen) atoms. The summed E-state index contributed by atoms with van der Waals surface area (Å²) in [6.45, 7) is 6.59. The van der Waals surface area contributed by atoms with Crippen LogP contribution in [0.25, 0.3) is 0 Å². The third kappa shape index (κ3) is 5.32. The number of carbonyl (C=O) groups excluding carboxylic acids is 3. The summed E-state index contributed by atoms with van der Waals surface area (Å²) in [4.78, 5) is 37.0. The first-order valence-electron chi connectivity index (χ1n) is 8.61. The van der Waals surface area contributed by atoms with Gasteiger partial charge in [-0.1, -0.05) is 12.1 Å². The number of esters is 2. The van der Waals surface area contributed by atoms with E-state index in [-0.39, 0.29) is 0 Å². The lowest BCUT2D eigenvalue weighted by Crippen LogP contribution is -2.29. The number of anilines is 1. The predicted molar refractivity (Wildman–Crippen MR) is 106 cm³/mol. The Morgan fingerprint density at radius 1 is 1.18 bits per heavy atom. The van der Waals surface area contributed by atoms with Crippen LogP contribution in [0.1, 0.15) is 33.3 Å². The van der Waals surface area contributed by atoms with E-state index in [1.165, 1.54) is 18.4 Å². The first kappa shape index (κ1) is 21.4. The summed E-state index contributed by atoms with van der Waals surface area (Å²) in [6.07, 6.45) is -0.869. The fourth-order valence-corrected chi connectivity index (χ4v) is 3.49. The summed E-state index contributed by atoms with van der Waals surface area (Å²) in [5, 5.41) is 2.97. The van der Waals surface area contributed by atoms with Gasteiger partial charge in [-0.05, 0) is 51.0 Å². The van der Waals surface area contributed by atoms with Crippen molar-refractivity contribution in [3.05, 3.63) is 45.8 Å². The van der Waals surface area contributed by atoms with Crippen LogP contribution >= 0.6 is 11.3 Å². The first-order valence-corrected chi connectivity index (χ1v) is 9.42. The normalized spacial score (nSPS) is 11.5. The van der Waals surface area contributed by atoms with Gasteiger partial charge in [-0.15, -0.1) is 11.3 Å². The number of ether oxygens (including phenoxy) is 3. The van der Waals surface area contributed by atoms with Crippen LogP contribution in [0, 0.1) is 20.8 Å². The average Bonchev–Trinajstić information content (AvgIpc) is 2.92. The van der Waals surface area contributed by atoms with Gasteiger partial charge in [0.1, 0.15) is 10.8 Å². The minimum absolute atomic E-state index is 0.306. The number of carbonyl (C=O) groups is 3. The van der Waals surface area contributed by atoms with E-state index in [0.29, 0.717) is 16.3 Å². The highest BCUT2D eigenvalue weighted by atomic mass is 32.1. The topological polar surface area (TPSA) is 90.9 Å². The lowest BCUT2D eigenvalue weighted by atomic mass is 10.1. The standard InChI is InChI=1S/C20H23NO6S/c1-11-7-6-8-15(9-11)27-13(3)19(23)26-10-16(22)21-18-17(20(24)25-5)12(2)14(4)28-18/h6-9,13H,10H2,1-5H3,(H,21,22)/t13-/m1/s1. The molecule has 0 aliphatic heterocycles. The molecule has 0 saturated heterocycles. The van der Waals surface area contributed by atoms with Crippen LogP contribution < -0.4 is 10.1 Å². The van der Waals surface area contributed by atoms with Gasteiger partial charge in [-0.25, -0.2) is 9.59 Å². The van der Waals surface area contributed by atoms with Crippen molar-refractivity contribution in [3.63, 3.8) is 0 Å². The Morgan fingerprint density at radius 2 is 1.89 bits per heavy atom. The molecule has 1 N–H and O–H groups in total. The Morgan fingerprint density at radius 3 is 2.54 bits per heavy atom. The Hall–Kier alpha value is -2.87. The molecule has 0 spiro atoms. The first-order chi connectivity index (χ1) is 13.2. The quantitative estimate of drug-likeness (QED) is 0.710. The monoisotopic (exact) mass is 405 g/mol. The molecule has 1 heterocycles. The van der Waals surface area contributed by atoms with Gasteiger partial charge in [0.15, 0.2) is 12.7 Å². The largest absolute Gasteiger partial charge is 0.479 e. The van der Waals surface area contributed by atoms with E-state index < -0.39 is 30.6 Å². The molecule has 1 aromatic carbocycles. The zero-order valence-electron chi connectivity index (χ0n) is 16.5. The molecule has 8 heteroatoms. The molecule has 0 aliphatic rings. The molecule has 0 unspecified atom stereocenters. The third-order valence-corrected chi connectivity index (χ3v) is 5.13. The number of amides is 1. The van der Waals surface area contributed by atoms with Crippen LogP contribution in [0.5, 0.6) is 5.75 Å². The average molecular weight is 405 g/mol. The number of methoxy groups -OCH3 is 1. The Bertz CT molecular complexity index is 889. The second-order valence-electron chi connectivity index (χ2n) is 6.21. The summed E-state index contributed by atoms with van der Waals surface area (Å²) in [5.41, 5.74) is 2.05. The molecule has 2 rings (SSSR count). The van der Waals surface area contributed by atoms with E-state index in [0.717, 1.165) is 16.0 Å². The van der Waals surface area contributed by atoms with E-state index in [2.05, 4.69) is 5.32 Å². The molecule has 0 aliphatic carbocycles. The molecule has 150 valence electrons. The number of nitrogens with one attached hydrogen (secondary N) is 1. The summed E-state index contributed by atoms with van der Waals surface area (Å²) in [6, 6.07) is 7.27. The minimum atomic E-state index is -0.869. The van der Waals surface area contributed by atoms with E-state index in [9.17, 15) is 14.4 Å². The molecule has 1 amide bonds. The molecule has 0 fully saturated rings. The Balaban J connectivity index is 1.93. The van der Waals surface area contributed by atoms with Crippen molar-refractivity contribution in [3.8, 4) is 5.75 Å². The van der Waals surface area contributed by atoms with Gasteiger partial charge in [0.05, 0.1) is 12.7 Å². The lowest BCUT2D eigenvalue weighted by Gasteiger charge is -2.14. The highest BCUT2D eigenvalue weighted by Crippen LogP contribution is 2.32. The van der Waals surface area contributed by atoms with Crippen molar-refractivity contribution in [2.75, 3.05) is 19.0 Å². The third-order valence-electron chi connectivity index (χ3n) is 4.01. The summed E-state index contributed by atoms with van der Waals surface area (Å²) in [5.74, 6) is -1.21. The molecule has 1 atom stereocenters. The van der Waals surface area contributed by atoms with Crippen LogP contribution in [-0.2, 0) is 19.1 Å². The van der Waals surface area contributed by atoms with Crippen molar-refractivity contribution in [1.82, 2.24) is 0 Å². The van der Waals surface area contributed by atoms with Crippen molar-refractivity contribution in [1.29, 1.82) is 0 Å². The van der Waals surface area contributed by atoms with E-state index >= 15 is 0 Å². The van der Waals surface area contributed by atoms with Crippen LogP contribution in [0.2, 0.25) is 0 Å². The highest BCUT2D eigenvalue weighted by Gasteiger charge is 2.23. The smallest absolute Gasteiger partial charge is 0.347 e. The minimum Gasteiger partial charge on any atom is -0.479 e. The molecule has 0 saturated carbocycles. The van der Waals surface area contributed by atoms with Crippen LogP contribution in [0.15, 0.2) is 24.3 Å². The number of aryl methyl sites for hydroxylation is 2. The lowest BCUT2D eigenvalue weighted by molar-refractivity contribution is -0.153. The second kappa shape index (κ2) is 9.36. The molecule has 0 bridgehead atoms. The van der Waals surface area contributed by atoms with Crippen LogP contribution in [0.4, 0.5) is 5.00 Å². The number of hydrogen-bond donors (Lipinski definition) is 1. The van der Waals surface area contributed by atoms with Gasteiger partial charge in [-0.2, -0.15) is 0 Å². The number of hydrogen-bond acceptors (Lipinski definition) is 7. The van der Waals surface area contributed by atoms with Crippen molar-refractivity contribution in [2.24, 2.45) is 0 Å². The van der Waals surface area contributed by atoms with Gasteiger partial charge < -0.3 is 19.5 Å². The van der Waals surface area contributed by atoms with Gasteiger partial charge in [0.25, 0.3) is 5.91 Å². The van der Waals surface area contributed by atoms with E-state index in [1.807, 2.05) is 26.0 Å². The number of rotatable bonds is 7. The maximum absolute atomic E-state index is 12.2. The van der Waals surface area contributed by atoms with Gasteiger partial charge in [-0.3, -0.25) is 4.79 Å². The van der Waals surface area contributed by atoms with Crippen molar-refractivity contribution < 1.29 is 28.6 Å². The van der Waals surface area contributed by atoms with E-state index in [1.54, 1.807) is 26.0 Å². The highest BCUT2D eigenvalue weighted by molar-refractivity contribution is 7.16. The molecular weight excluding hydrogens is 382 g/mol. The maximum Gasteiger partial charge on any atom is 0.347 e. The molecular formula is C20H23NO6S. The van der Waals surface area contributed by atoms with Crippen LogP contribution in [-0.4, -0.2) is 37.7 Å². The van der Waals surface area contributed by atoms with E-state index in [4.69, 9.17) is 14.2 Å². The predicted octanol–water partition coefficient (Wildman–Crippen LogP) is 3.41. The Kier molecular flexibility index (Phi) is 7.17.